The fourth-order valence-electron chi connectivity index (χ4n) is 0.438. The molecule has 0 radical (unpaired) electrons. The van der Waals surface area contributed by atoms with Gasteiger partial charge in [-0.1, -0.05) is 0 Å². The second kappa shape index (κ2) is 6.93. The Labute approximate surface area is 79.9 Å². The molecule has 0 aliphatic carbocycles. The van der Waals surface area contributed by atoms with Gasteiger partial charge in [0.05, 0.1) is 13.2 Å². The van der Waals surface area contributed by atoms with Crippen LogP contribution in [0.3, 0.4) is 0 Å². The van der Waals surface area contributed by atoms with E-state index in [-0.39, 0.29) is 0 Å². The Balaban J connectivity index is 0.000000249. The molecule has 0 spiro atoms. The number of carbonyl (C=O) groups is 2. The third kappa shape index (κ3) is 6.04. The Morgan fingerprint density at radius 2 is 1.79 bits per heavy atom. The Morgan fingerprint density at radius 1 is 1.36 bits per heavy atom. The number of carbonyl (C=O) groups excluding carboxylic acids is 2. The number of ether oxygens (including phenoxy) is 4. The first-order valence-electron chi connectivity index (χ1n) is 3.91. The standard InChI is InChI=1S/C5H10O3.C2HFO3/c1-3-7-5(6)8-4-2;3-1-5-2(4)6-1/h3-4H2,1-2H3;1H. The highest BCUT2D eigenvalue weighted by atomic mass is 19.2. The van der Waals surface area contributed by atoms with Crippen molar-refractivity contribution in [3.63, 3.8) is 0 Å². The van der Waals surface area contributed by atoms with E-state index in [4.69, 9.17) is 0 Å². The molecule has 1 rings (SSSR count). The molecule has 1 fully saturated rings. The van der Waals surface area contributed by atoms with Crippen molar-refractivity contribution in [2.24, 2.45) is 0 Å². The first kappa shape index (κ1) is 12.5. The van der Waals surface area contributed by atoms with Gasteiger partial charge in [-0.05, 0) is 13.8 Å². The minimum atomic E-state index is -1.81. The number of cyclic esters (lactones) is 2. The summed E-state index contributed by atoms with van der Waals surface area (Å²) in [6.07, 6.45) is -1.53. The first-order chi connectivity index (χ1) is 6.60. The van der Waals surface area contributed by atoms with Crippen molar-refractivity contribution in [2.45, 2.75) is 20.4 Å². The molecule has 0 bridgehead atoms. The Hall–Kier alpha value is -1.53. The van der Waals surface area contributed by atoms with Gasteiger partial charge >= 0.3 is 18.9 Å². The molecule has 0 N–H and O–H groups in total. The lowest BCUT2D eigenvalue weighted by molar-refractivity contribution is -0.250. The van der Waals surface area contributed by atoms with Gasteiger partial charge in [-0.25, -0.2) is 9.59 Å². The molecule has 0 aromatic carbocycles. The zero-order chi connectivity index (χ0) is 11.0. The molecule has 0 saturated carbocycles. The summed E-state index contributed by atoms with van der Waals surface area (Å²) >= 11 is 0. The van der Waals surface area contributed by atoms with E-state index in [0.29, 0.717) is 13.2 Å². The van der Waals surface area contributed by atoms with Crippen molar-refractivity contribution in [2.75, 3.05) is 13.2 Å². The van der Waals surface area contributed by atoms with Gasteiger partial charge in [0.25, 0.3) is 0 Å². The number of halogens is 1. The van der Waals surface area contributed by atoms with E-state index in [1.54, 1.807) is 13.8 Å². The van der Waals surface area contributed by atoms with Crippen LogP contribution in [0.2, 0.25) is 0 Å². The van der Waals surface area contributed by atoms with Crippen LogP contribution in [-0.4, -0.2) is 32.1 Å². The van der Waals surface area contributed by atoms with Crippen LogP contribution in [-0.2, 0) is 18.9 Å². The molecular formula is C7H11FO6. The highest BCUT2D eigenvalue weighted by molar-refractivity contribution is 5.63. The van der Waals surface area contributed by atoms with Crippen LogP contribution in [0, 0.1) is 0 Å². The molecule has 0 unspecified atom stereocenters. The van der Waals surface area contributed by atoms with E-state index in [0.717, 1.165) is 0 Å². The largest absolute Gasteiger partial charge is 0.518 e. The maximum absolute atomic E-state index is 11.1. The molecule has 1 heterocycles. The minimum Gasteiger partial charge on any atom is -0.435 e. The fraction of sp³-hybridized carbons (Fsp3) is 0.714. The van der Waals surface area contributed by atoms with Crippen LogP contribution < -0.4 is 0 Å². The average Bonchev–Trinajstić information content (AvgIpc) is 2.04. The third-order valence-electron chi connectivity index (χ3n) is 0.902. The van der Waals surface area contributed by atoms with Gasteiger partial charge in [-0.15, -0.1) is 0 Å². The number of rotatable bonds is 2. The van der Waals surface area contributed by atoms with Crippen molar-refractivity contribution < 1.29 is 32.9 Å². The van der Waals surface area contributed by atoms with Crippen LogP contribution in [0.4, 0.5) is 14.0 Å². The van der Waals surface area contributed by atoms with E-state index in [1.807, 2.05) is 0 Å². The monoisotopic (exact) mass is 210 g/mol. The van der Waals surface area contributed by atoms with Crippen LogP contribution >= 0.6 is 0 Å². The Morgan fingerprint density at radius 3 is 1.93 bits per heavy atom. The van der Waals surface area contributed by atoms with Gasteiger partial charge in [0.1, 0.15) is 0 Å². The van der Waals surface area contributed by atoms with Gasteiger partial charge in [-0.2, -0.15) is 4.39 Å². The summed E-state index contributed by atoms with van der Waals surface area (Å²) in [7, 11) is 0. The van der Waals surface area contributed by atoms with Crippen LogP contribution in [0.15, 0.2) is 0 Å². The average molecular weight is 210 g/mol. The summed E-state index contributed by atoms with van der Waals surface area (Å²) in [5.41, 5.74) is 0. The lowest BCUT2D eigenvalue weighted by atomic mass is 10.8. The lowest BCUT2D eigenvalue weighted by Crippen LogP contribution is -2.30. The predicted molar refractivity (Wildman–Crippen MR) is 41.1 cm³/mol. The molecular weight excluding hydrogens is 199 g/mol. The second-order valence-corrected chi connectivity index (χ2v) is 1.88. The summed E-state index contributed by atoms with van der Waals surface area (Å²) in [5, 5.41) is 0. The second-order valence-electron chi connectivity index (χ2n) is 1.88. The minimum absolute atomic E-state index is 0.374. The van der Waals surface area contributed by atoms with Gasteiger partial charge in [0.2, 0.25) is 0 Å². The van der Waals surface area contributed by atoms with E-state index in [9.17, 15) is 14.0 Å². The van der Waals surface area contributed by atoms with E-state index >= 15 is 0 Å². The molecule has 0 aromatic rings. The van der Waals surface area contributed by atoms with E-state index < -0.39 is 18.9 Å². The van der Waals surface area contributed by atoms with Crippen LogP contribution in [0.25, 0.3) is 0 Å². The van der Waals surface area contributed by atoms with Gasteiger partial charge in [0.15, 0.2) is 0 Å². The SMILES string of the molecule is CCOC(=O)OCC.O=C1OC(F)O1. The molecule has 0 aromatic heterocycles. The zero-order valence-corrected chi connectivity index (χ0v) is 7.82. The lowest BCUT2D eigenvalue weighted by Gasteiger charge is -2.16. The summed E-state index contributed by atoms with van der Waals surface area (Å²) < 4.78 is 27.2. The number of hydrogen-bond donors (Lipinski definition) is 0. The molecule has 1 saturated heterocycles. The van der Waals surface area contributed by atoms with Crippen molar-refractivity contribution in [3.05, 3.63) is 0 Å². The van der Waals surface area contributed by atoms with Crippen molar-refractivity contribution >= 4 is 12.3 Å². The van der Waals surface area contributed by atoms with Crippen molar-refractivity contribution in [1.82, 2.24) is 0 Å². The van der Waals surface area contributed by atoms with Gasteiger partial charge in [0, 0.05) is 0 Å². The predicted octanol–water partition coefficient (Wildman–Crippen LogP) is 1.59. The number of alkyl halides is 1. The van der Waals surface area contributed by atoms with Crippen LogP contribution in [0.1, 0.15) is 13.8 Å². The highest BCUT2D eigenvalue weighted by Crippen LogP contribution is 2.09. The molecule has 0 atom stereocenters. The first-order valence-corrected chi connectivity index (χ1v) is 3.91. The van der Waals surface area contributed by atoms with Gasteiger partial charge in [-0.3, -0.25) is 0 Å². The number of hydrogen-bond acceptors (Lipinski definition) is 6. The molecule has 7 heteroatoms. The normalized spacial score (nSPS) is 13.8. The summed E-state index contributed by atoms with van der Waals surface area (Å²) in [6, 6.07) is 0. The molecule has 82 valence electrons. The quantitative estimate of drug-likeness (QED) is 0.644. The zero-order valence-electron chi connectivity index (χ0n) is 7.82. The smallest absolute Gasteiger partial charge is 0.435 e. The molecule has 1 aliphatic rings. The van der Waals surface area contributed by atoms with Crippen LogP contribution in [0.5, 0.6) is 0 Å². The molecule has 0 amide bonds. The summed E-state index contributed by atoms with van der Waals surface area (Å²) in [5.74, 6) is 0. The summed E-state index contributed by atoms with van der Waals surface area (Å²) in [4.78, 5) is 19.6. The van der Waals surface area contributed by atoms with E-state index in [2.05, 4.69) is 18.9 Å². The fourth-order valence-corrected chi connectivity index (χ4v) is 0.438. The van der Waals surface area contributed by atoms with Crippen molar-refractivity contribution in [3.8, 4) is 0 Å². The molecule has 6 nitrogen and oxygen atoms in total. The van der Waals surface area contributed by atoms with Crippen molar-refractivity contribution in [1.29, 1.82) is 0 Å². The molecule has 14 heavy (non-hydrogen) atoms. The Bertz CT molecular complexity index is 179. The van der Waals surface area contributed by atoms with Gasteiger partial charge < -0.3 is 18.9 Å². The topological polar surface area (TPSA) is 71.1 Å². The highest BCUT2D eigenvalue weighted by Gasteiger charge is 2.28. The van der Waals surface area contributed by atoms with E-state index in [1.165, 1.54) is 0 Å². The summed E-state index contributed by atoms with van der Waals surface area (Å²) in [6.45, 7) is 2.41. The third-order valence-corrected chi connectivity index (χ3v) is 0.902. The maximum Gasteiger partial charge on any atom is 0.518 e. The maximum atomic E-state index is 11.1. The Kier molecular flexibility index (Phi) is 6.17. The molecule has 1 aliphatic heterocycles.